The van der Waals surface area contributed by atoms with Gasteiger partial charge < -0.3 is 10.4 Å². The van der Waals surface area contributed by atoms with Gasteiger partial charge in [0.25, 0.3) is 5.91 Å². The van der Waals surface area contributed by atoms with Gasteiger partial charge in [0.2, 0.25) is 5.82 Å². The van der Waals surface area contributed by atoms with E-state index >= 15 is 0 Å². The molecule has 1 aromatic carbocycles. The maximum absolute atomic E-state index is 12.3. The summed E-state index contributed by atoms with van der Waals surface area (Å²) in [5.41, 5.74) is 0.401. The quantitative estimate of drug-likeness (QED) is 0.748. The predicted molar refractivity (Wildman–Crippen MR) is 94.4 cm³/mol. The first-order valence-corrected chi connectivity index (χ1v) is 8.13. The third-order valence-corrected chi connectivity index (χ3v) is 3.94. The summed E-state index contributed by atoms with van der Waals surface area (Å²) in [5.74, 6) is -1.61. The summed E-state index contributed by atoms with van der Waals surface area (Å²) in [7, 11) is 0. The fraction of sp³-hybridized carbons (Fsp3) is 0.250. The van der Waals surface area contributed by atoms with Crippen molar-refractivity contribution >= 4 is 35.1 Å². The van der Waals surface area contributed by atoms with Crippen molar-refractivity contribution in [1.82, 2.24) is 20.1 Å². The number of carbonyl (C=O) groups is 2. The lowest BCUT2D eigenvalue weighted by Crippen LogP contribution is -2.40. The van der Waals surface area contributed by atoms with Crippen molar-refractivity contribution in [2.24, 2.45) is 0 Å². The van der Waals surface area contributed by atoms with E-state index < -0.39 is 17.9 Å². The largest absolute Gasteiger partial charge is 0.480 e. The first-order chi connectivity index (χ1) is 11.8. The van der Waals surface area contributed by atoms with Crippen molar-refractivity contribution in [2.75, 3.05) is 0 Å². The number of hydrogen-bond donors (Lipinski definition) is 2. The van der Waals surface area contributed by atoms with Crippen LogP contribution in [-0.2, 0) is 4.79 Å². The van der Waals surface area contributed by atoms with Gasteiger partial charge in [0.15, 0.2) is 0 Å². The number of halogens is 2. The van der Waals surface area contributed by atoms with E-state index in [1.165, 1.54) is 4.68 Å². The Hall–Kier alpha value is -2.38. The molecule has 0 aliphatic heterocycles. The van der Waals surface area contributed by atoms with Crippen molar-refractivity contribution in [1.29, 1.82) is 0 Å². The molecular weight excluding hydrogens is 367 g/mol. The monoisotopic (exact) mass is 382 g/mol. The van der Waals surface area contributed by atoms with E-state index in [4.69, 9.17) is 23.2 Å². The minimum absolute atomic E-state index is 0.160. The number of aliphatic carboxylic acids is 1. The Balaban J connectivity index is 2.30. The molecule has 0 saturated heterocycles. The summed E-state index contributed by atoms with van der Waals surface area (Å²) in [6.45, 7) is 3.40. The second-order valence-corrected chi connectivity index (χ2v) is 5.95. The van der Waals surface area contributed by atoms with E-state index in [0.717, 1.165) is 0 Å². The number of allylic oxidation sites excluding steroid dienone is 1. The molecule has 1 aromatic heterocycles. The zero-order chi connectivity index (χ0) is 18.6. The number of hydrogen-bond acceptors (Lipinski definition) is 4. The predicted octanol–water partition coefficient (Wildman–Crippen LogP) is 3.03. The number of carbonyl (C=O) groups excluding carboxylic acids is 1. The molecule has 132 valence electrons. The molecule has 1 unspecified atom stereocenters. The molecule has 0 aliphatic carbocycles. The third-order valence-electron chi connectivity index (χ3n) is 3.33. The van der Waals surface area contributed by atoms with Gasteiger partial charge >= 0.3 is 5.97 Å². The number of nitrogens with zero attached hydrogens (tertiary/aromatic N) is 3. The minimum atomic E-state index is -1.14. The van der Waals surface area contributed by atoms with Crippen molar-refractivity contribution in [3.63, 3.8) is 0 Å². The highest BCUT2D eigenvalue weighted by atomic mass is 35.5. The Labute approximate surface area is 154 Å². The first-order valence-electron chi connectivity index (χ1n) is 7.38. The second-order valence-electron chi connectivity index (χ2n) is 5.13. The Bertz CT molecular complexity index is 813. The lowest BCUT2D eigenvalue weighted by atomic mass is 10.2. The Kier molecular flexibility index (Phi) is 6.17. The van der Waals surface area contributed by atoms with Crippen LogP contribution in [-0.4, -0.2) is 37.8 Å². The Morgan fingerprint density at radius 2 is 2.00 bits per heavy atom. The maximum atomic E-state index is 12.3. The second kappa shape index (κ2) is 8.13. The molecule has 1 amide bonds. The van der Waals surface area contributed by atoms with Crippen molar-refractivity contribution in [2.45, 2.75) is 26.3 Å². The molecule has 0 radical (unpaired) electrons. The van der Waals surface area contributed by atoms with Crippen LogP contribution in [0.25, 0.3) is 5.69 Å². The van der Waals surface area contributed by atoms with Crippen LogP contribution >= 0.6 is 23.2 Å². The molecular formula is C16H16Cl2N4O3. The molecule has 2 aromatic rings. The smallest absolute Gasteiger partial charge is 0.326 e. The van der Waals surface area contributed by atoms with Crippen LogP contribution in [0.2, 0.25) is 10.0 Å². The van der Waals surface area contributed by atoms with Crippen LogP contribution in [0.4, 0.5) is 0 Å². The van der Waals surface area contributed by atoms with Crippen LogP contribution in [0, 0.1) is 6.92 Å². The van der Waals surface area contributed by atoms with E-state index in [0.29, 0.717) is 21.6 Å². The zero-order valence-electron chi connectivity index (χ0n) is 13.5. The standard InChI is InChI=1S/C16H16Cl2N4O3/c1-3-4-8-12(16(24)25)20-15(23)14-19-9(2)22(21-14)13-10(17)6-5-7-11(13)18/h3-7,12H,8H2,1-2H3,(H,20,23)(H,24,25)/b4-3+. The Morgan fingerprint density at radius 3 is 2.56 bits per heavy atom. The molecule has 2 N–H and O–H groups in total. The summed E-state index contributed by atoms with van der Waals surface area (Å²) in [5, 5.41) is 16.4. The number of rotatable bonds is 6. The molecule has 7 nitrogen and oxygen atoms in total. The molecule has 0 spiro atoms. The number of nitrogens with one attached hydrogen (secondary N) is 1. The molecule has 0 fully saturated rings. The van der Waals surface area contributed by atoms with Crippen molar-refractivity contribution in [3.8, 4) is 5.69 Å². The van der Waals surface area contributed by atoms with Crippen LogP contribution in [0.15, 0.2) is 30.4 Å². The third kappa shape index (κ3) is 4.37. The average Bonchev–Trinajstić information content (AvgIpc) is 2.92. The molecule has 2 rings (SSSR count). The van der Waals surface area contributed by atoms with Gasteiger partial charge in [-0.2, -0.15) is 0 Å². The topological polar surface area (TPSA) is 97.1 Å². The summed E-state index contributed by atoms with van der Waals surface area (Å²) in [6, 6.07) is 3.90. The van der Waals surface area contributed by atoms with Crippen molar-refractivity contribution in [3.05, 3.63) is 52.0 Å². The number of aromatic nitrogens is 3. The van der Waals surface area contributed by atoms with E-state index in [9.17, 15) is 14.7 Å². The summed E-state index contributed by atoms with van der Waals surface area (Å²) in [6.07, 6.45) is 3.52. The van der Waals surface area contributed by atoms with Gasteiger partial charge in [-0.25, -0.2) is 14.5 Å². The van der Waals surface area contributed by atoms with Crippen LogP contribution in [0.1, 0.15) is 29.8 Å². The fourth-order valence-electron chi connectivity index (χ4n) is 2.11. The van der Waals surface area contributed by atoms with Crippen LogP contribution in [0.3, 0.4) is 0 Å². The number of benzene rings is 1. The first kappa shape index (κ1) is 19.0. The zero-order valence-corrected chi connectivity index (χ0v) is 15.0. The van der Waals surface area contributed by atoms with Gasteiger partial charge in [0.05, 0.1) is 10.0 Å². The van der Waals surface area contributed by atoms with Gasteiger partial charge in [-0.1, -0.05) is 41.4 Å². The number of amides is 1. The van der Waals surface area contributed by atoms with Crippen LogP contribution in [0.5, 0.6) is 0 Å². The summed E-state index contributed by atoms with van der Waals surface area (Å²) < 4.78 is 1.35. The SMILES string of the molecule is C/C=C/CC(NC(=O)c1nc(C)n(-c2c(Cl)cccc2Cl)n1)C(=O)O. The highest BCUT2D eigenvalue weighted by Crippen LogP contribution is 2.28. The highest BCUT2D eigenvalue weighted by molar-refractivity contribution is 6.37. The van der Waals surface area contributed by atoms with E-state index in [-0.39, 0.29) is 12.2 Å². The van der Waals surface area contributed by atoms with Gasteiger partial charge in [0.1, 0.15) is 17.6 Å². The van der Waals surface area contributed by atoms with Crippen molar-refractivity contribution < 1.29 is 14.7 Å². The van der Waals surface area contributed by atoms with Gasteiger partial charge in [-0.05, 0) is 32.4 Å². The molecule has 1 atom stereocenters. The normalized spacial score (nSPS) is 12.3. The number of para-hydroxylation sites is 1. The molecule has 0 saturated carbocycles. The molecule has 1 heterocycles. The maximum Gasteiger partial charge on any atom is 0.326 e. The van der Waals surface area contributed by atoms with E-state index in [2.05, 4.69) is 15.4 Å². The number of aryl methyl sites for hydroxylation is 1. The van der Waals surface area contributed by atoms with Gasteiger partial charge in [0, 0.05) is 0 Å². The summed E-state index contributed by atoms with van der Waals surface area (Å²) in [4.78, 5) is 27.6. The lowest BCUT2D eigenvalue weighted by molar-refractivity contribution is -0.139. The fourth-order valence-corrected chi connectivity index (χ4v) is 2.66. The van der Waals surface area contributed by atoms with Crippen LogP contribution < -0.4 is 5.32 Å². The number of carboxylic acids is 1. The number of carboxylic acid groups (broad SMARTS) is 1. The van der Waals surface area contributed by atoms with E-state index in [1.54, 1.807) is 44.2 Å². The average molecular weight is 383 g/mol. The minimum Gasteiger partial charge on any atom is -0.480 e. The highest BCUT2D eigenvalue weighted by Gasteiger charge is 2.23. The van der Waals surface area contributed by atoms with Gasteiger partial charge in [-0.15, -0.1) is 5.10 Å². The Morgan fingerprint density at radius 1 is 1.36 bits per heavy atom. The van der Waals surface area contributed by atoms with E-state index in [1.807, 2.05) is 0 Å². The lowest BCUT2D eigenvalue weighted by Gasteiger charge is -2.10. The molecule has 9 heteroatoms. The molecule has 0 aliphatic rings. The van der Waals surface area contributed by atoms with Gasteiger partial charge in [-0.3, -0.25) is 4.79 Å². The molecule has 25 heavy (non-hydrogen) atoms. The molecule has 0 bridgehead atoms. The summed E-state index contributed by atoms with van der Waals surface area (Å²) >= 11 is 12.3.